The molecule has 0 spiro atoms. The number of amides is 1. The van der Waals surface area contributed by atoms with Crippen LogP contribution in [0.3, 0.4) is 0 Å². The number of piperazine rings is 1. The normalized spacial score (nSPS) is 24.7. The van der Waals surface area contributed by atoms with Gasteiger partial charge in [0.15, 0.2) is 5.83 Å². The van der Waals surface area contributed by atoms with Gasteiger partial charge < -0.3 is 28.9 Å². The van der Waals surface area contributed by atoms with Gasteiger partial charge in [-0.05, 0) is 36.4 Å². The Morgan fingerprint density at radius 3 is 2.87 bits per heavy atom. The van der Waals surface area contributed by atoms with Crippen molar-refractivity contribution in [3.05, 3.63) is 82.1 Å². The second-order valence-electron chi connectivity index (χ2n) is 12.4. The summed E-state index contributed by atoms with van der Waals surface area (Å²) in [6, 6.07) is 11.7. The molecule has 46 heavy (non-hydrogen) atoms. The quantitative estimate of drug-likeness (QED) is 0.269. The van der Waals surface area contributed by atoms with E-state index in [0.29, 0.717) is 43.6 Å². The fourth-order valence-electron chi connectivity index (χ4n) is 7.43. The summed E-state index contributed by atoms with van der Waals surface area (Å²) in [6.45, 7) is 15.5. The van der Waals surface area contributed by atoms with Crippen molar-refractivity contribution in [3.63, 3.8) is 0 Å². The molecule has 0 radical (unpaired) electrons. The number of benzene rings is 2. The van der Waals surface area contributed by atoms with Crippen LogP contribution in [-0.2, 0) is 27.3 Å². The Bertz CT molecular complexity index is 1710. The molecule has 240 valence electrons. The predicted molar refractivity (Wildman–Crippen MR) is 172 cm³/mol. The maximum Gasteiger partial charge on any atom is 0.318 e. The molecule has 5 heterocycles. The van der Waals surface area contributed by atoms with Crippen molar-refractivity contribution in [3.8, 4) is 6.01 Å². The summed E-state index contributed by atoms with van der Waals surface area (Å²) in [6.07, 6.45) is 2.27. The summed E-state index contributed by atoms with van der Waals surface area (Å²) in [5, 5.41) is 2.66. The topological polar surface area (TPSA) is 84.6 Å². The lowest BCUT2D eigenvalue weighted by atomic mass is 9.94. The molecule has 4 aliphatic heterocycles. The number of carbonyl (C=O) groups is 1. The summed E-state index contributed by atoms with van der Waals surface area (Å²) in [5.41, 5.74) is 2.45. The number of aromatic nitrogens is 2. The summed E-state index contributed by atoms with van der Waals surface area (Å²) in [4.78, 5) is 31.9. The number of anilines is 1. The van der Waals surface area contributed by atoms with E-state index in [-0.39, 0.29) is 37.3 Å². The highest BCUT2D eigenvalue weighted by molar-refractivity contribution is 6.35. The summed E-state index contributed by atoms with van der Waals surface area (Å²) in [7, 11) is 0. The summed E-state index contributed by atoms with van der Waals surface area (Å²) < 4.78 is 32.7. The van der Waals surface area contributed by atoms with E-state index < -0.39 is 17.8 Å². The van der Waals surface area contributed by atoms with Gasteiger partial charge in [-0.25, -0.2) is 11.0 Å². The van der Waals surface area contributed by atoms with Crippen LogP contribution in [-0.4, -0.2) is 96.3 Å². The molecule has 3 atom stereocenters. The minimum absolute atomic E-state index is 0.0327. The Labute approximate surface area is 272 Å². The first-order chi connectivity index (χ1) is 22.4. The van der Waals surface area contributed by atoms with Crippen molar-refractivity contribution in [1.29, 1.82) is 0 Å². The first-order valence-electron chi connectivity index (χ1n) is 15.7. The Morgan fingerprint density at radius 2 is 2.04 bits per heavy atom. The summed E-state index contributed by atoms with van der Waals surface area (Å²) in [5.74, 6) is -1.16. The zero-order valence-electron chi connectivity index (χ0n) is 25.6. The third-order valence-electron chi connectivity index (χ3n) is 9.76. The van der Waals surface area contributed by atoms with E-state index in [2.05, 4.69) is 16.3 Å². The number of carbonyl (C=O) groups excluding carboxylic acids is 1. The van der Waals surface area contributed by atoms with Crippen molar-refractivity contribution in [2.24, 2.45) is 0 Å². The van der Waals surface area contributed by atoms with Crippen molar-refractivity contribution in [2.75, 3.05) is 64.0 Å². The van der Waals surface area contributed by atoms with E-state index in [1.807, 2.05) is 41.3 Å². The maximum atomic E-state index is 13.9. The molecule has 1 amide bonds. The largest absolute Gasteiger partial charge is 0.461 e. The number of fused-ring (bicyclic) bond motifs is 3. The highest BCUT2D eigenvalue weighted by Crippen LogP contribution is 2.40. The minimum atomic E-state index is -1.03. The van der Waals surface area contributed by atoms with Gasteiger partial charge >= 0.3 is 6.01 Å². The van der Waals surface area contributed by atoms with Gasteiger partial charge in [0.1, 0.15) is 18.5 Å². The van der Waals surface area contributed by atoms with E-state index in [9.17, 15) is 9.18 Å². The van der Waals surface area contributed by atoms with Crippen LogP contribution in [0.5, 0.6) is 6.01 Å². The van der Waals surface area contributed by atoms with Crippen molar-refractivity contribution in [1.82, 2.24) is 19.8 Å². The monoisotopic (exact) mass is 646 g/mol. The number of halogens is 2. The van der Waals surface area contributed by atoms with E-state index in [1.54, 1.807) is 0 Å². The zero-order valence-corrected chi connectivity index (χ0v) is 26.3. The average molecular weight is 647 g/mol. The van der Waals surface area contributed by atoms with Crippen LogP contribution in [0.4, 0.5) is 10.2 Å². The van der Waals surface area contributed by atoms with Crippen LogP contribution >= 0.6 is 11.6 Å². The number of hydrogen-bond donors (Lipinski definition) is 0. The molecular weight excluding hydrogens is 611 g/mol. The minimum Gasteiger partial charge on any atom is -0.461 e. The lowest BCUT2D eigenvalue weighted by Crippen LogP contribution is -2.57. The first kappa shape index (κ1) is 30.8. The smallest absolute Gasteiger partial charge is 0.318 e. The molecule has 2 aromatic carbocycles. The van der Waals surface area contributed by atoms with E-state index in [4.69, 9.17) is 42.4 Å². The number of hydrogen-bond acceptors (Lipinski definition) is 8. The molecule has 0 saturated carbocycles. The number of rotatable bonds is 7. The molecular formula is C34H36ClFN6O4. The number of nitrogens with zero attached hydrogens (tertiary/aromatic N) is 6. The van der Waals surface area contributed by atoms with Gasteiger partial charge in [-0.1, -0.05) is 48.5 Å². The van der Waals surface area contributed by atoms with Crippen molar-refractivity contribution >= 4 is 34.1 Å². The molecule has 4 aliphatic rings. The molecule has 7 rings (SSSR count). The molecule has 10 nitrogen and oxygen atoms in total. The average Bonchev–Trinajstić information content (AvgIpc) is 3.51. The molecule has 12 heteroatoms. The Balaban J connectivity index is 1.23. The molecule has 0 bridgehead atoms. The highest BCUT2D eigenvalue weighted by atomic mass is 35.5. The van der Waals surface area contributed by atoms with Gasteiger partial charge in [0.2, 0.25) is 6.54 Å². The molecule has 0 N–H and O–H groups in total. The van der Waals surface area contributed by atoms with Crippen molar-refractivity contribution in [2.45, 2.75) is 43.6 Å². The third-order valence-corrected chi connectivity index (χ3v) is 10.1. The first-order valence-corrected chi connectivity index (χ1v) is 16.1. The van der Waals surface area contributed by atoms with Gasteiger partial charge in [0.25, 0.3) is 5.91 Å². The predicted octanol–water partition coefficient (Wildman–Crippen LogP) is 4.76. The SMILES string of the molecule is [C-]#[N+]C[C@H]1CN(c2nc(OCC34CCCN3CCOC4)nc3c2COC(c2cccc4cccc(Cl)c24)C3)CCN1C(=O)C(=C)F. The maximum absolute atomic E-state index is 13.9. The second-order valence-corrected chi connectivity index (χ2v) is 12.9. The molecule has 0 aliphatic carbocycles. The molecule has 3 aromatic rings. The Morgan fingerprint density at radius 1 is 1.20 bits per heavy atom. The third kappa shape index (κ3) is 5.68. The molecule has 3 fully saturated rings. The fraction of sp³-hybridized carbons (Fsp3) is 0.471. The van der Waals surface area contributed by atoms with Gasteiger partial charge in [-0.15, -0.1) is 0 Å². The van der Waals surface area contributed by atoms with Gasteiger partial charge in [0, 0.05) is 48.6 Å². The second kappa shape index (κ2) is 12.8. The van der Waals surface area contributed by atoms with Crippen LogP contribution in [0.1, 0.15) is 35.8 Å². The van der Waals surface area contributed by atoms with Crippen molar-refractivity contribution < 1.29 is 23.4 Å². The number of ether oxygens (including phenoxy) is 3. The fourth-order valence-corrected chi connectivity index (χ4v) is 7.72. The van der Waals surface area contributed by atoms with E-state index in [1.165, 1.54) is 4.90 Å². The van der Waals surface area contributed by atoms with Crippen LogP contribution in [0, 0.1) is 6.57 Å². The highest BCUT2D eigenvalue weighted by Gasteiger charge is 2.44. The summed E-state index contributed by atoms with van der Waals surface area (Å²) >= 11 is 6.69. The lowest BCUT2D eigenvalue weighted by Gasteiger charge is -2.42. The Kier molecular flexibility index (Phi) is 8.55. The van der Waals surface area contributed by atoms with Crippen LogP contribution in [0.2, 0.25) is 5.02 Å². The molecule has 1 aromatic heterocycles. The van der Waals surface area contributed by atoms with E-state index >= 15 is 0 Å². The number of morpholine rings is 1. The van der Waals surface area contributed by atoms with Gasteiger partial charge in [0.05, 0.1) is 37.2 Å². The van der Waals surface area contributed by atoms with Gasteiger partial charge in [-0.2, -0.15) is 9.97 Å². The van der Waals surface area contributed by atoms with Gasteiger partial charge in [-0.3, -0.25) is 9.69 Å². The van der Waals surface area contributed by atoms with Crippen LogP contribution < -0.4 is 9.64 Å². The zero-order chi connectivity index (χ0) is 31.8. The van der Waals surface area contributed by atoms with Crippen LogP contribution in [0.25, 0.3) is 15.6 Å². The molecule has 3 saturated heterocycles. The standard InChI is InChI=1S/C34H36ClFN6O4/c1-22(36)32(43)42-13-12-40(18-24(42)17-37-2)31-26-19-45-29(25-8-3-6-23-7-4-9-27(35)30(23)25)16-28(26)38-33(39-31)46-21-34-10-5-11-41(34)14-15-44-20-34/h3-4,6-9,24,29H,1,5,10-21H2/t24-,29?,34?/m0/s1. The molecule has 2 unspecified atom stereocenters. The van der Waals surface area contributed by atoms with Crippen LogP contribution in [0.15, 0.2) is 48.8 Å². The Hall–Kier alpha value is -3.82. The lowest BCUT2D eigenvalue weighted by molar-refractivity contribution is -0.131. The van der Waals surface area contributed by atoms with E-state index in [0.717, 1.165) is 60.1 Å².